The Balaban J connectivity index is 3.22. The minimum atomic E-state index is -1.05. The molecule has 2 N–H and O–H groups in total. The van der Waals surface area contributed by atoms with E-state index in [4.69, 9.17) is 15.5 Å². The molecule has 4 heteroatoms. The molecule has 0 amide bonds. The first kappa shape index (κ1) is 11.2. The molecule has 1 atom stereocenters. The maximum absolute atomic E-state index is 10.7. The number of carbonyl (C=O) groups is 1. The predicted molar refractivity (Wildman–Crippen MR) is 53.5 cm³/mol. The van der Waals surface area contributed by atoms with Gasteiger partial charge >= 0.3 is 5.97 Å². The number of carboxylic acids is 1. The molecule has 0 heterocycles. The van der Waals surface area contributed by atoms with Gasteiger partial charge in [0, 0.05) is 0 Å². The zero-order chi connectivity index (χ0) is 11.5. The van der Waals surface area contributed by atoms with E-state index in [1.165, 1.54) is 12.1 Å². The maximum Gasteiger partial charge on any atom is 0.335 e. The molecule has 0 aromatic heterocycles. The number of rotatable bonds is 3. The van der Waals surface area contributed by atoms with Crippen LogP contribution < -0.4 is 0 Å². The van der Waals surface area contributed by atoms with Crippen LogP contribution in [-0.4, -0.2) is 22.8 Å². The molecule has 0 fully saturated rings. The summed E-state index contributed by atoms with van der Waals surface area (Å²) in [7, 11) is 0. The highest BCUT2D eigenvalue weighted by Crippen LogP contribution is 2.23. The first-order valence-corrected chi connectivity index (χ1v) is 4.39. The van der Waals surface area contributed by atoms with Crippen molar-refractivity contribution in [2.45, 2.75) is 12.3 Å². The number of aliphatic hydroxyl groups excluding tert-OH is 1. The third kappa shape index (κ3) is 2.14. The molecule has 78 valence electrons. The van der Waals surface area contributed by atoms with Crippen molar-refractivity contribution in [3.63, 3.8) is 0 Å². The van der Waals surface area contributed by atoms with Gasteiger partial charge in [-0.25, -0.2) is 4.79 Å². The Bertz CT molecular complexity index is 422. The van der Waals surface area contributed by atoms with Crippen molar-refractivity contribution in [2.75, 3.05) is 6.61 Å². The monoisotopic (exact) mass is 205 g/mol. The van der Waals surface area contributed by atoms with Crippen LogP contribution in [0, 0.1) is 11.3 Å². The van der Waals surface area contributed by atoms with Gasteiger partial charge in [-0.05, 0) is 24.6 Å². The average Bonchev–Trinajstić information content (AvgIpc) is 2.28. The second-order valence-corrected chi connectivity index (χ2v) is 3.49. The first-order valence-electron chi connectivity index (χ1n) is 4.39. The van der Waals surface area contributed by atoms with Crippen molar-refractivity contribution in [1.82, 2.24) is 0 Å². The number of nitriles is 1. The third-order valence-corrected chi connectivity index (χ3v) is 2.31. The fourth-order valence-electron chi connectivity index (χ4n) is 1.19. The third-order valence-electron chi connectivity index (χ3n) is 2.31. The smallest absolute Gasteiger partial charge is 0.335 e. The van der Waals surface area contributed by atoms with Crippen molar-refractivity contribution in [3.05, 3.63) is 35.4 Å². The van der Waals surface area contributed by atoms with Crippen molar-refractivity contribution in [3.8, 4) is 6.07 Å². The van der Waals surface area contributed by atoms with Crippen molar-refractivity contribution < 1.29 is 15.0 Å². The van der Waals surface area contributed by atoms with Crippen molar-refractivity contribution in [2.24, 2.45) is 0 Å². The highest BCUT2D eigenvalue weighted by Gasteiger charge is 2.26. The van der Waals surface area contributed by atoms with E-state index >= 15 is 0 Å². The first-order chi connectivity index (χ1) is 7.03. The fraction of sp³-hybridized carbons (Fsp3) is 0.273. The van der Waals surface area contributed by atoms with Crippen LogP contribution in [0.5, 0.6) is 0 Å². The van der Waals surface area contributed by atoms with Gasteiger partial charge in [0.1, 0.15) is 5.41 Å². The lowest BCUT2D eigenvalue weighted by molar-refractivity contribution is 0.0696. The lowest BCUT2D eigenvalue weighted by atomic mass is 9.84. The largest absolute Gasteiger partial charge is 0.478 e. The van der Waals surface area contributed by atoms with Gasteiger partial charge in [0.25, 0.3) is 0 Å². The molecule has 0 bridgehead atoms. The quantitative estimate of drug-likeness (QED) is 0.775. The number of benzene rings is 1. The van der Waals surface area contributed by atoms with Crippen LogP contribution in [0.3, 0.4) is 0 Å². The van der Waals surface area contributed by atoms with Crippen LogP contribution in [0.2, 0.25) is 0 Å². The van der Waals surface area contributed by atoms with Gasteiger partial charge in [0.2, 0.25) is 0 Å². The summed E-state index contributed by atoms with van der Waals surface area (Å²) in [5, 5.41) is 26.8. The van der Waals surface area contributed by atoms with E-state index in [1.807, 2.05) is 6.07 Å². The lowest BCUT2D eigenvalue weighted by Gasteiger charge is -2.18. The molecule has 1 aromatic rings. The molecular weight excluding hydrogens is 194 g/mol. The van der Waals surface area contributed by atoms with Gasteiger partial charge in [-0.1, -0.05) is 12.1 Å². The second kappa shape index (κ2) is 4.11. The summed E-state index contributed by atoms with van der Waals surface area (Å²) in [4.78, 5) is 10.7. The molecule has 15 heavy (non-hydrogen) atoms. The van der Waals surface area contributed by atoms with Gasteiger partial charge in [-0.3, -0.25) is 0 Å². The van der Waals surface area contributed by atoms with Gasteiger partial charge in [0.05, 0.1) is 18.2 Å². The van der Waals surface area contributed by atoms with Crippen LogP contribution >= 0.6 is 0 Å². The Hall–Kier alpha value is -1.86. The summed E-state index contributed by atoms with van der Waals surface area (Å²) >= 11 is 0. The van der Waals surface area contributed by atoms with E-state index in [9.17, 15) is 4.79 Å². The van der Waals surface area contributed by atoms with E-state index in [2.05, 4.69) is 0 Å². The van der Waals surface area contributed by atoms with Crippen molar-refractivity contribution in [1.29, 1.82) is 5.26 Å². The number of carboxylic acid groups (broad SMARTS) is 1. The van der Waals surface area contributed by atoms with Crippen LogP contribution in [0.4, 0.5) is 0 Å². The molecule has 0 aliphatic rings. The molecule has 0 saturated carbocycles. The zero-order valence-electron chi connectivity index (χ0n) is 8.27. The maximum atomic E-state index is 10.7. The van der Waals surface area contributed by atoms with Crippen LogP contribution in [0.15, 0.2) is 24.3 Å². The standard InChI is InChI=1S/C11H11NO3/c1-11(6-12,7-13)9-4-2-3-8(5-9)10(14)15/h2-5,13H,7H2,1H3,(H,14,15). The van der Waals surface area contributed by atoms with Crippen LogP contribution in [-0.2, 0) is 5.41 Å². The predicted octanol–water partition coefficient (Wildman–Crippen LogP) is 1.16. The summed E-state index contributed by atoms with van der Waals surface area (Å²) in [5.41, 5.74) is -0.430. The van der Waals surface area contributed by atoms with E-state index in [0.717, 1.165) is 0 Å². The summed E-state index contributed by atoms with van der Waals surface area (Å²) in [6.45, 7) is 1.22. The number of aliphatic hydroxyl groups is 1. The van der Waals surface area contributed by atoms with Gasteiger partial charge in [-0.15, -0.1) is 0 Å². The summed E-state index contributed by atoms with van der Waals surface area (Å²) in [6, 6.07) is 8.01. The van der Waals surface area contributed by atoms with Gasteiger partial charge in [0.15, 0.2) is 0 Å². The normalized spacial score (nSPS) is 13.9. The summed E-state index contributed by atoms with van der Waals surface area (Å²) in [6.07, 6.45) is 0. The Morgan fingerprint density at radius 2 is 2.27 bits per heavy atom. The molecule has 0 saturated heterocycles. The minimum Gasteiger partial charge on any atom is -0.478 e. The van der Waals surface area contributed by atoms with Crippen molar-refractivity contribution >= 4 is 5.97 Å². The summed E-state index contributed by atoms with van der Waals surface area (Å²) < 4.78 is 0. The van der Waals surface area contributed by atoms with E-state index in [0.29, 0.717) is 5.56 Å². The van der Waals surface area contributed by atoms with Crippen LogP contribution in [0.1, 0.15) is 22.8 Å². The lowest BCUT2D eigenvalue weighted by Crippen LogP contribution is -2.24. The van der Waals surface area contributed by atoms with Crippen LogP contribution in [0.25, 0.3) is 0 Å². The highest BCUT2D eigenvalue weighted by atomic mass is 16.4. The van der Waals surface area contributed by atoms with E-state index < -0.39 is 11.4 Å². The molecule has 4 nitrogen and oxygen atoms in total. The molecule has 1 aromatic carbocycles. The highest BCUT2D eigenvalue weighted by molar-refractivity contribution is 5.87. The molecule has 1 rings (SSSR count). The number of hydrogen-bond donors (Lipinski definition) is 2. The Morgan fingerprint density at radius 1 is 1.60 bits per heavy atom. The molecule has 1 unspecified atom stereocenters. The van der Waals surface area contributed by atoms with E-state index in [1.54, 1.807) is 19.1 Å². The van der Waals surface area contributed by atoms with Gasteiger partial charge in [-0.2, -0.15) is 5.26 Å². The SMILES string of the molecule is CC(C#N)(CO)c1cccc(C(=O)O)c1. The topological polar surface area (TPSA) is 81.3 Å². The summed E-state index contributed by atoms with van der Waals surface area (Å²) in [5.74, 6) is -1.05. The van der Waals surface area contributed by atoms with E-state index in [-0.39, 0.29) is 12.2 Å². The number of hydrogen-bond acceptors (Lipinski definition) is 3. The number of nitrogens with zero attached hydrogens (tertiary/aromatic N) is 1. The minimum absolute atomic E-state index is 0.113. The Labute approximate surface area is 87.4 Å². The van der Waals surface area contributed by atoms with Gasteiger partial charge < -0.3 is 10.2 Å². The number of aromatic carboxylic acids is 1. The molecule has 0 spiro atoms. The second-order valence-electron chi connectivity index (χ2n) is 3.49. The molecular formula is C11H11NO3. The molecule has 0 aliphatic heterocycles. The average molecular weight is 205 g/mol. The molecule has 0 radical (unpaired) electrons. The Kier molecular flexibility index (Phi) is 3.08. The molecule has 0 aliphatic carbocycles. The zero-order valence-corrected chi connectivity index (χ0v) is 8.27. The Morgan fingerprint density at radius 3 is 2.73 bits per heavy atom. The fourth-order valence-corrected chi connectivity index (χ4v) is 1.19.